The molecule has 0 saturated heterocycles. The molecule has 0 aliphatic rings. The normalized spacial score (nSPS) is 13.1. The van der Waals surface area contributed by atoms with Gasteiger partial charge in [-0.05, 0) is 32.6 Å². The number of hydrogen-bond acceptors (Lipinski definition) is 3. The molecule has 0 saturated carbocycles. The molecular weight excluding hydrogens is 222 g/mol. The highest BCUT2D eigenvalue weighted by molar-refractivity contribution is 6.31. The van der Waals surface area contributed by atoms with Crippen LogP contribution in [0, 0.1) is 0 Å². The van der Waals surface area contributed by atoms with Gasteiger partial charge in [-0.2, -0.15) is 0 Å². The van der Waals surface area contributed by atoms with Crippen molar-refractivity contribution in [2.75, 3.05) is 26.7 Å². The Hall–Kier alpha value is -0.640. The Kier molecular flexibility index (Phi) is 5.74. The van der Waals surface area contributed by atoms with Crippen LogP contribution in [0.5, 0.6) is 0 Å². The number of aromatic nitrogens is 1. The van der Waals surface area contributed by atoms with Crippen molar-refractivity contribution in [1.29, 1.82) is 0 Å². The van der Waals surface area contributed by atoms with E-state index in [9.17, 15) is 0 Å². The van der Waals surface area contributed by atoms with Crippen molar-refractivity contribution < 1.29 is 0 Å². The zero-order chi connectivity index (χ0) is 12.0. The van der Waals surface area contributed by atoms with Gasteiger partial charge in [-0.25, -0.2) is 0 Å². The highest BCUT2D eigenvalue weighted by atomic mass is 35.5. The van der Waals surface area contributed by atoms with Gasteiger partial charge in [0.1, 0.15) is 0 Å². The van der Waals surface area contributed by atoms with E-state index in [2.05, 4.69) is 29.0 Å². The topological polar surface area (TPSA) is 28.2 Å². The molecule has 1 aromatic rings. The molecule has 0 aliphatic carbocycles. The van der Waals surface area contributed by atoms with Crippen LogP contribution >= 0.6 is 11.6 Å². The summed E-state index contributed by atoms with van der Waals surface area (Å²) in [7, 11) is 1.96. The maximum absolute atomic E-state index is 6.15. The zero-order valence-electron chi connectivity index (χ0n) is 10.2. The summed E-state index contributed by atoms with van der Waals surface area (Å²) in [6.45, 7) is 7.27. The fraction of sp³-hybridized carbons (Fsp3) is 0.583. The second-order valence-electron chi connectivity index (χ2n) is 3.78. The second kappa shape index (κ2) is 6.84. The van der Waals surface area contributed by atoms with Crippen LogP contribution in [-0.4, -0.2) is 36.6 Å². The van der Waals surface area contributed by atoms with Gasteiger partial charge in [0, 0.05) is 19.3 Å². The van der Waals surface area contributed by atoms with Crippen LogP contribution < -0.4 is 5.32 Å². The molecule has 0 bridgehead atoms. The summed E-state index contributed by atoms with van der Waals surface area (Å²) < 4.78 is 0. The van der Waals surface area contributed by atoms with E-state index in [4.69, 9.17) is 11.6 Å². The zero-order valence-corrected chi connectivity index (χ0v) is 11.0. The first-order valence-corrected chi connectivity index (χ1v) is 6.07. The van der Waals surface area contributed by atoms with Crippen molar-refractivity contribution >= 4 is 11.6 Å². The molecule has 0 radical (unpaired) electrons. The molecule has 4 heteroatoms. The maximum Gasteiger partial charge on any atom is 0.0758 e. The molecule has 0 spiro atoms. The number of halogens is 1. The number of pyridine rings is 1. The highest BCUT2D eigenvalue weighted by Crippen LogP contribution is 2.24. The molecule has 1 rings (SSSR count). The molecule has 1 N–H and O–H groups in total. The van der Waals surface area contributed by atoms with Gasteiger partial charge in [-0.3, -0.25) is 9.88 Å². The van der Waals surface area contributed by atoms with E-state index in [0.717, 1.165) is 30.4 Å². The number of rotatable bonds is 6. The van der Waals surface area contributed by atoms with Crippen LogP contribution in [0.4, 0.5) is 0 Å². The van der Waals surface area contributed by atoms with Crippen molar-refractivity contribution in [3.63, 3.8) is 0 Å². The third kappa shape index (κ3) is 3.44. The predicted molar refractivity (Wildman–Crippen MR) is 68.8 cm³/mol. The van der Waals surface area contributed by atoms with Crippen molar-refractivity contribution in [2.24, 2.45) is 0 Å². The van der Waals surface area contributed by atoms with Crippen molar-refractivity contribution in [2.45, 2.75) is 19.9 Å². The summed E-state index contributed by atoms with van der Waals surface area (Å²) in [6, 6.07) is 4.02. The molecule has 0 aromatic carbocycles. The first kappa shape index (κ1) is 13.4. The maximum atomic E-state index is 6.15. The Bertz CT molecular complexity index is 317. The lowest BCUT2D eigenvalue weighted by atomic mass is 10.2. The summed E-state index contributed by atoms with van der Waals surface area (Å²) in [4.78, 5) is 6.71. The number of nitrogens with zero attached hydrogens (tertiary/aromatic N) is 2. The quantitative estimate of drug-likeness (QED) is 0.829. The second-order valence-corrected chi connectivity index (χ2v) is 4.19. The molecule has 0 unspecified atom stereocenters. The largest absolute Gasteiger partial charge is 0.318 e. The summed E-state index contributed by atoms with van der Waals surface area (Å²) in [6.07, 6.45) is 1.80. The van der Waals surface area contributed by atoms with Crippen molar-refractivity contribution in [3.8, 4) is 0 Å². The molecule has 1 atom stereocenters. The van der Waals surface area contributed by atoms with Gasteiger partial charge in [0.15, 0.2) is 0 Å². The Morgan fingerprint density at radius 2 is 2.31 bits per heavy atom. The Balaban J connectivity index is 2.74. The SMILES string of the molecule is CCN(CCNC)[C@@H](C)c1ncccc1Cl. The van der Waals surface area contributed by atoms with Gasteiger partial charge < -0.3 is 5.32 Å². The van der Waals surface area contributed by atoms with E-state index < -0.39 is 0 Å². The molecule has 3 nitrogen and oxygen atoms in total. The fourth-order valence-corrected chi connectivity index (χ4v) is 2.04. The molecule has 16 heavy (non-hydrogen) atoms. The predicted octanol–water partition coefficient (Wildman–Crippen LogP) is 2.34. The minimum Gasteiger partial charge on any atom is -0.318 e. The van der Waals surface area contributed by atoms with Gasteiger partial charge in [0.05, 0.1) is 16.8 Å². The van der Waals surface area contributed by atoms with Crippen molar-refractivity contribution in [1.82, 2.24) is 15.2 Å². The van der Waals surface area contributed by atoms with E-state index >= 15 is 0 Å². The van der Waals surface area contributed by atoms with E-state index in [1.54, 1.807) is 6.20 Å². The average Bonchev–Trinajstić information content (AvgIpc) is 2.30. The van der Waals surface area contributed by atoms with Gasteiger partial charge in [0.2, 0.25) is 0 Å². The van der Waals surface area contributed by atoms with Crippen LogP contribution in [-0.2, 0) is 0 Å². The first-order valence-electron chi connectivity index (χ1n) is 5.69. The van der Waals surface area contributed by atoms with Crippen LogP contribution in [0.2, 0.25) is 5.02 Å². The van der Waals surface area contributed by atoms with Gasteiger partial charge >= 0.3 is 0 Å². The lowest BCUT2D eigenvalue weighted by Gasteiger charge is -2.27. The van der Waals surface area contributed by atoms with E-state index in [1.807, 2.05) is 19.2 Å². The molecule has 1 aromatic heterocycles. The summed E-state index contributed by atoms with van der Waals surface area (Å²) in [5, 5.41) is 3.91. The third-order valence-electron chi connectivity index (χ3n) is 2.79. The molecular formula is C12H20ClN3. The molecule has 0 fully saturated rings. The lowest BCUT2D eigenvalue weighted by Crippen LogP contribution is -2.33. The summed E-state index contributed by atoms with van der Waals surface area (Å²) >= 11 is 6.15. The average molecular weight is 242 g/mol. The summed E-state index contributed by atoms with van der Waals surface area (Å²) in [5.41, 5.74) is 0.960. The highest BCUT2D eigenvalue weighted by Gasteiger charge is 2.17. The van der Waals surface area contributed by atoms with Crippen molar-refractivity contribution in [3.05, 3.63) is 29.0 Å². The molecule has 1 heterocycles. The van der Waals surface area contributed by atoms with E-state index in [1.165, 1.54) is 0 Å². The van der Waals surface area contributed by atoms with Crippen LogP contribution in [0.1, 0.15) is 25.6 Å². The van der Waals surface area contributed by atoms with Crippen LogP contribution in [0.15, 0.2) is 18.3 Å². The Labute approximate surface area is 103 Å². The van der Waals surface area contributed by atoms with Crippen LogP contribution in [0.25, 0.3) is 0 Å². The molecule has 0 amide bonds. The summed E-state index contributed by atoms with van der Waals surface area (Å²) in [5.74, 6) is 0. The Morgan fingerprint density at radius 3 is 2.88 bits per heavy atom. The smallest absolute Gasteiger partial charge is 0.0758 e. The molecule has 0 aliphatic heterocycles. The fourth-order valence-electron chi connectivity index (χ4n) is 1.76. The number of likely N-dealkylation sites (N-methyl/N-ethyl adjacent to an activating group) is 2. The number of nitrogens with one attached hydrogen (secondary N) is 1. The monoisotopic (exact) mass is 241 g/mol. The van der Waals surface area contributed by atoms with E-state index in [0.29, 0.717) is 0 Å². The van der Waals surface area contributed by atoms with Gasteiger partial charge in [-0.15, -0.1) is 0 Å². The van der Waals surface area contributed by atoms with Gasteiger partial charge in [0.25, 0.3) is 0 Å². The minimum absolute atomic E-state index is 0.257. The minimum atomic E-state index is 0.257. The van der Waals surface area contributed by atoms with Gasteiger partial charge in [-0.1, -0.05) is 18.5 Å². The van der Waals surface area contributed by atoms with Crippen LogP contribution in [0.3, 0.4) is 0 Å². The molecule has 90 valence electrons. The lowest BCUT2D eigenvalue weighted by molar-refractivity contribution is 0.220. The first-order chi connectivity index (χ1) is 7.70. The van der Waals surface area contributed by atoms with E-state index in [-0.39, 0.29) is 6.04 Å². The third-order valence-corrected chi connectivity index (χ3v) is 3.11. The standard InChI is InChI=1S/C12H20ClN3/c1-4-16(9-8-14-3)10(2)12-11(13)6-5-7-15-12/h5-7,10,14H,4,8-9H2,1-3H3/t10-/m0/s1. The number of hydrogen-bond donors (Lipinski definition) is 1. The Morgan fingerprint density at radius 1 is 1.56 bits per heavy atom.